The smallest absolute Gasteiger partial charge is 0.112 e. The molecule has 0 saturated carbocycles. The lowest BCUT2D eigenvalue weighted by Gasteiger charge is -2.20. The molecule has 88 valence electrons. The maximum absolute atomic E-state index is 5.81. The summed E-state index contributed by atoms with van der Waals surface area (Å²) in [5.41, 5.74) is 0. The minimum Gasteiger partial charge on any atom is -0.372 e. The molecule has 0 unspecified atom stereocenters. The molecule has 0 aliphatic carbocycles. The van der Waals surface area contributed by atoms with Crippen molar-refractivity contribution in [3.05, 3.63) is 0 Å². The fourth-order valence-corrected chi connectivity index (χ4v) is 2.53. The summed E-state index contributed by atoms with van der Waals surface area (Å²) in [6.45, 7) is 10.1. The van der Waals surface area contributed by atoms with Crippen LogP contribution in [0, 0.1) is 11.8 Å². The van der Waals surface area contributed by atoms with Crippen molar-refractivity contribution in [2.75, 3.05) is 13.2 Å². The third kappa shape index (κ3) is 2.19. The highest BCUT2D eigenvalue weighted by atomic mass is 16.6. The average Bonchev–Trinajstić information content (AvgIpc) is 2.66. The van der Waals surface area contributed by atoms with Crippen LogP contribution in [0.3, 0.4) is 0 Å². The summed E-state index contributed by atoms with van der Waals surface area (Å²) in [6.07, 6.45) is 0.811. The number of fused-ring (bicyclic) bond motifs is 1. The molecule has 2 aliphatic heterocycles. The molecule has 0 amide bonds. The van der Waals surface area contributed by atoms with Gasteiger partial charge in [0.05, 0.1) is 25.4 Å². The predicted octanol–water partition coefficient (Wildman–Crippen LogP) is 1.85. The van der Waals surface area contributed by atoms with Crippen molar-refractivity contribution in [3.8, 4) is 0 Å². The predicted molar refractivity (Wildman–Crippen MR) is 57.8 cm³/mol. The van der Waals surface area contributed by atoms with E-state index in [2.05, 4.69) is 27.7 Å². The highest BCUT2D eigenvalue weighted by Gasteiger charge is 2.49. The molecule has 2 saturated heterocycles. The van der Waals surface area contributed by atoms with Crippen molar-refractivity contribution in [3.63, 3.8) is 0 Å². The SMILES string of the molecule is CC(C)O[C@H]1CO[C@@H]2[C@H]1OC[C@H]2C(C)C. The highest BCUT2D eigenvalue weighted by molar-refractivity contribution is 4.95. The van der Waals surface area contributed by atoms with Crippen LogP contribution in [-0.2, 0) is 14.2 Å². The van der Waals surface area contributed by atoms with Gasteiger partial charge in [-0.2, -0.15) is 0 Å². The average molecular weight is 214 g/mol. The normalized spacial score (nSPS) is 40.4. The third-order valence-electron chi connectivity index (χ3n) is 3.35. The Bertz CT molecular complexity index is 215. The van der Waals surface area contributed by atoms with Crippen LogP contribution >= 0.6 is 0 Å². The van der Waals surface area contributed by atoms with E-state index in [1.165, 1.54) is 0 Å². The number of rotatable bonds is 3. The third-order valence-corrected chi connectivity index (χ3v) is 3.35. The van der Waals surface area contributed by atoms with E-state index in [0.717, 1.165) is 6.61 Å². The van der Waals surface area contributed by atoms with Gasteiger partial charge in [-0.25, -0.2) is 0 Å². The molecular weight excluding hydrogens is 192 g/mol. The van der Waals surface area contributed by atoms with Crippen LogP contribution in [0.5, 0.6) is 0 Å². The Morgan fingerprint density at radius 3 is 2.27 bits per heavy atom. The van der Waals surface area contributed by atoms with Crippen LogP contribution < -0.4 is 0 Å². The van der Waals surface area contributed by atoms with E-state index in [1.807, 2.05) is 0 Å². The molecule has 15 heavy (non-hydrogen) atoms. The van der Waals surface area contributed by atoms with Crippen molar-refractivity contribution in [2.45, 2.75) is 52.1 Å². The Morgan fingerprint density at radius 2 is 1.67 bits per heavy atom. The number of hydrogen-bond donors (Lipinski definition) is 0. The highest BCUT2D eigenvalue weighted by Crippen LogP contribution is 2.36. The summed E-state index contributed by atoms with van der Waals surface area (Å²) in [7, 11) is 0. The molecule has 0 aromatic carbocycles. The molecule has 3 nitrogen and oxygen atoms in total. The summed E-state index contributed by atoms with van der Waals surface area (Å²) in [4.78, 5) is 0. The van der Waals surface area contributed by atoms with Crippen molar-refractivity contribution in [1.29, 1.82) is 0 Å². The van der Waals surface area contributed by atoms with Crippen molar-refractivity contribution < 1.29 is 14.2 Å². The van der Waals surface area contributed by atoms with Gasteiger partial charge in [0.15, 0.2) is 0 Å². The second-order valence-corrected chi connectivity index (χ2v) is 5.23. The zero-order valence-corrected chi connectivity index (χ0v) is 10.1. The summed E-state index contributed by atoms with van der Waals surface area (Å²) >= 11 is 0. The number of hydrogen-bond acceptors (Lipinski definition) is 3. The van der Waals surface area contributed by atoms with E-state index in [0.29, 0.717) is 18.4 Å². The monoisotopic (exact) mass is 214 g/mol. The van der Waals surface area contributed by atoms with Crippen molar-refractivity contribution in [1.82, 2.24) is 0 Å². The zero-order chi connectivity index (χ0) is 11.0. The maximum atomic E-state index is 5.81. The maximum Gasteiger partial charge on any atom is 0.112 e. The fourth-order valence-electron chi connectivity index (χ4n) is 2.53. The standard InChI is InChI=1S/C12H22O3/c1-7(2)9-5-13-12-10(15-8(3)4)6-14-11(9)12/h7-12H,5-6H2,1-4H3/t9-,10-,11-,12-/m0/s1. The lowest BCUT2D eigenvalue weighted by atomic mass is 9.90. The molecule has 4 atom stereocenters. The van der Waals surface area contributed by atoms with Gasteiger partial charge in [0.1, 0.15) is 12.2 Å². The summed E-state index contributed by atoms with van der Waals surface area (Å²) in [6, 6.07) is 0. The largest absolute Gasteiger partial charge is 0.372 e. The van der Waals surface area contributed by atoms with Crippen LogP contribution in [0.1, 0.15) is 27.7 Å². The van der Waals surface area contributed by atoms with E-state index in [-0.39, 0.29) is 24.4 Å². The second-order valence-electron chi connectivity index (χ2n) is 5.23. The van der Waals surface area contributed by atoms with Crippen LogP contribution in [0.2, 0.25) is 0 Å². The van der Waals surface area contributed by atoms with Gasteiger partial charge in [-0.05, 0) is 19.8 Å². The first-order valence-corrected chi connectivity index (χ1v) is 5.98. The van der Waals surface area contributed by atoms with Gasteiger partial charge < -0.3 is 14.2 Å². The molecular formula is C12H22O3. The first-order valence-electron chi connectivity index (χ1n) is 5.98. The second kappa shape index (κ2) is 4.40. The molecule has 0 N–H and O–H groups in total. The summed E-state index contributed by atoms with van der Waals surface area (Å²) < 4.78 is 17.4. The molecule has 0 radical (unpaired) electrons. The van der Waals surface area contributed by atoms with E-state index in [4.69, 9.17) is 14.2 Å². The molecule has 2 fully saturated rings. The first-order chi connectivity index (χ1) is 7.09. The first kappa shape index (κ1) is 11.4. The van der Waals surface area contributed by atoms with Crippen molar-refractivity contribution >= 4 is 0 Å². The van der Waals surface area contributed by atoms with Gasteiger partial charge in [-0.3, -0.25) is 0 Å². The Morgan fingerprint density at radius 1 is 1.00 bits per heavy atom. The lowest BCUT2D eigenvalue weighted by molar-refractivity contribution is -0.0587. The summed E-state index contributed by atoms with van der Waals surface area (Å²) in [5, 5.41) is 0. The van der Waals surface area contributed by atoms with E-state index < -0.39 is 0 Å². The van der Waals surface area contributed by atoms with Gasteiger partial charge in [-0.1, -0.05) is 13.8 Å². The topological polar surface area (TPSA) is 27.7 Å². The van der Waals surface area contributed by atoms with Crippen LogP contribution in [0.25, 0.3) is 0 Å². The molecule has 3 heteroatoms. The van der Waals surface area contributed by atoms with Gasteiger partial charge in [0.2, 0.25) is 0 Å². The molecule has 2 rings (SSSR count). The molecule has 0 aromatic heterocycles. The molecule has 0 spiro atoms. The van der Waals surface area contributed by atoms with E-state index in [9.17, 15) is 0 Å². The minimum absolute atomic E-state index is 0.138. The Kier molecular flexibility index (Phi) is 3.33. The Hall–Kier alpha value is -0.120. The zero-order valence-electron chi connectivity index (χ0n) is 10.1. The minimum atomic E-state index is 0.138. The number of ether oxygens (including phenoxy) is 3. The summed E-state index contributed by atoms with van der Waals surface area (Å²) in [5.74, 6) is 1.16. The van der Waals surface area contributed by atoms with E-state index in [1.54, 1.807) is 0 Å². The van der Waals surface area contributed by atoms with Crippen LogP contribution in [0.4, 0.5) is 0 Å². The molecule has 0 bridgehead atoms. The van der Waals surface area contributed by atoms with Gasteiger partial charge in [0.25, 0.3) is 0 Å². The molecule has 2 heterocycles. The fraction of sp³-hybridized carbons (Fsp3) is 1.00. The van der Waals surface area contributed by atoms with Gasteiger partial charge >= 0.3 is 0 Å². The van der Waals surface area contributed by atoms with E-state index >= 15 is 0 Å². The van der Waals surface area contributed by atoms with Gasteiger partial charge in [0, 0.05) is 5.92 Å². The van der Waals surface area contributed by atoms with Crippen LogP contribution in [0.15, 0.2) is 0 Å². The van der Waals surface area contributed by atoms with Gasteiger partial charge in [-0.15, -0.1) is 0 Å². The lowest BCUT2D eigenvalue weighted by Crippen LogP contribution is -2.33. The quantitative estimate of drug-likeness (QED) is 0.717. The Labute approximate surface area is 92.1 Å². The molecule has 2 aliphatic rings. The molecule has 0 aromatic rings. The van der Waals surface area contributed by atoms with Crippen LogP contribution in [-0.4, -0.2) is 37.6 Å². The van der Waals surface area contributed by atoms with Crippen molar-refractivity contribution in [2.24, 2.45) is 11.8 Å². The Balaban J connectivity index is 1.96.